The van der Waals surface area contributed by atoms with E-state index in [2.05, 4.69) is 4.98 Å². The Morgan fingerprint density at radius 3 is 2.78 bits per heavy atom. The zero-order chi connectivity index (χ0) is 13.1. The highest BCUT2D eigenvalue weighted by Gasteiger charge is 2.12. The highest BCUT2D eigenvalue weighted by atomic mass is 16.5. The van der Waals surface area contributed by atoms with Gasteiger partial charge in [-0.2, -0.15) is 0 Å². The van der Waals surface area contributed by atoms with Gasteiger partial charge in [0.1, 0.15) is 0 Å². The van der Waals surface area contributed by atoms with Crippen molar-refractivity contribution in [1.29, 1.82) is 0 Å². The molecule has 0 unspecified atom stereocenters. The van der Waals surface area contributed by atoms with Crippen molar-refractivity contribution in [2.24, 2.45) is 5.92 Å². The van der Waals surface area contributed by atoms with Crippen LogP contribution in [-0.2, 0) is 0 Å². The molecule has 4 nitrogen and oxygen atoms in total. The fraction of sp³-hybridized carbons (Fsp3) is 0.286. The van der Waals surface area contributed by atoms with Gasteiger partial charge in [0.25, 0.3) is 0 Å². The smallest absolute Gasteiger partial charge is 0.354 e. The maximum atomic E-state index is 11.0. The maximum absolute atomic E-state index is 11.0. The molecule has 0 saturated carbocycles. The van der Waals surface area contributed by atoms with Crippen molar-refractivity contribution < 1.29 is 14.6 Å². The summed E-state index contributed by atoms with van der Waals surface area (Å²) in [6.45, 7) is 4.58. The van der Waals surface area contributed by atoms with Gasteiger partial charge in [-0.05, 0) is 23.4 Å². The number of ether oxygens (including phenoxy) is 1. The van der Waals surface area contributed by atoms with E-state index in [4.69, 9.17) is 9.84 Å². The fourth-order valence-electron chi connectivity index (χ4n) is 1.63. The van der Waals surface area contributed by atoms with E-state index in [9.17, 15) is 4.79 Å². The molecular weight excluding hydrogens is 230 g/mol. The molecule has 0 saturated heterocycles. The predicted molar refractivity (Wildman–Crippen MR) is 69.0 cm³/mol. The topological polar surface area (TPSA) is 59.4 Å². The number of rotatable bonds is 4. The molecule has 0 radical (unpaired) electrons. The summed E-state index contributed by atoms with van der Waals surface area (Å²) in [6.07, 6.45) is 0. The van der Waals surface area contributed by atoms with Crippen LogP contribution in [0.1, 0.15) is 24.3 Å². The third-order valence-electron chi connectivity index (χ3n) is 2.48. The first kappa shape index (κ1) is 12.4. The second-order valence-corrected chi connectivity index (χ2v) is 4.54. The van der Waals surface area contributed by atoms with E-state index in [1.165, 1.54) is 0 Å². The first-order chi connectivity index (χ1) is 8.58. The summed E-state index contributed by atoms with van der Waals surface area (Å²) in [5.74, 6) is -0.298. The predicted octanol–water partition coefficient (Wildman–Crippen LogP) is 2.97. The number of fused-ring (bicyclic) bond motifs is 1. The van der Waals surface area contributed by atoms with E-state index in [1.54, 1.807) is 6.07 Å². The molecule has 4 heteroatoms. The van der Waals surface area contributed by atoms with Gasteiger partial charge in [0.15, 0.2) is 5.69 Å². The number of hydrogen-bond donors (Lipinski definition) is 1. The van der Waals surface area contributed by atoms with Gasteiger partial charge in [-0.1, -0.05) is 32.0 Å². The molecule has 94 valence electrons. The summed E-state index contributed by atoms with van der Waals surface area (Å²) in [6, 6.07) is 9.03. The number of carbonyl (C=O) groups is 1. The van der Waals surface area contributed by atoms with Gasteiger partial charge in [0.2, 0.25) is 5.88 Å². The summed E-state index contributed by atoms with van der Waals surface area (Å²) in [5, 5.41) is 10.7. The van der Waals surface area contributed by atoms with Crippen LogP contribution < -0.4 is 4.74 Å². The summed E-state index contributed by atoms with van der Waals surface area (Å²) in [4.78, 5) is 15.1. The van der Waals surface area contributed by atoms with Crippen molar-refractivity contribution >= 4 is 16.7 Å². The number of benzene rings is 1. The average Bonchev–Trinajstić information content (AvgIpc) is 2.35. The number of aromatic nitrogens is 1. The Balaban J connectivity index is 2.50. The molecule has 0 fully saturated rings. The first-order valence-corrected chi connectivity index (χ1v) is 5.84. The van der Waals surface area contributed by atoms with Gasteiger partial charge in [0, 0.05) is 5.39 Å². The molecule has 0 spiro atoms. The monoisotopic (exact) mass is 245 g/mol. The molecule has 2 rings (SSSR count). The quantitative estimate of drug-likeness (QED) is 0.899. The zero-order valence-electron chi connectivity index (χ0n) is 10.4. The van der Waals surface area contributed by atoms with Gasteiger partial charge in [0.05, 0.1) is 6.61 Å². The fourth-order valence-corrected chi connectivity index (χ4v) is 1.63. The molecule has 1 aromatic carbocycles. The standard InChI is InChI=1S/C14H15NO3/c1-9(2)8-18-13-11-6-4-3-5-10(11)7-12(15-13)14(16)17/h3-7,9H,8H2,1-2H3,(H,16,17). The molecule has 0 bridgehead atoms. The molecule has 0 amide bonds. The Morgan fingerprint density at radius 2 is 2.11 bits per heavy atom. The number of hydrogen-bond acceptors (Lipinski definition) is 3. The van der Waals surface area contributed by atoms with E-state index >= 15 is 0 Å². The van der Waals surface area contributed by atoms with E-state index in [-0.39, 0.29) is 5.69 Å². The number of pyridine rings is 1. The Hall–Kier alpha value is -2.10. The van der Waals surface area contributed by atoms with Crippen molar-refractivity contribution in [2.45, 2.75) is 13.8 Å². The minimum atomic E-state index is -1.05. The van der Waals surface area contributed by atoms with Gasteiger partial charge >= 0.3 is 5.97 Å². The van der Waals surface area contributed by atoms with Gasteiger partial charge in [-0.3, -0.25) is 0 Å². The maximum Gasteiger partial charge on any atom is 0.354 e. The van der Waals surface area contributed by atoms with Gasteiger partial charge in [-0.25, -0.2) is 9.78 Å². The Morgan fingerprint density at radius 1 is 1.39 bits per heavy atom. The Kier molecular flexibility index (Phi) is 3.46. The zero-order valence-corrected chi connectivity index (χ0v) is 10.4. The number of nitrogens with zero attached hydrogens (tertiary/aromatic N) is 1. The van der Waals surface area contributed by atoms with Crippen molar-refractivity contribution in [3.8, 4) is 5.88 Å². The van der Waals surface area contributed by atoms with E-state index in [0.29, 0.717) is 18.4 Å². The largest absolute Gasteiger partial charge is 0.477 e. The van der Waals surface area contributed by atoms with E-state index in [1.807, 2.05) is 38.1 Å². The van der Waals surface area contributed by atoms with Crippen LogP contribution in [0.2, 0.25) is 0 Å². The second-order valence-electron chi connectivity index (χ2n) is 4.54. The Bertz CT molecular complexity index is 578. The molecular formula is C14H15NO3. The molecule has 0 atom stereocenters. The van der Waals surface area contributed by atoms with Crippen LogP contribution in [0.5, 0.6) is 5.88 Å². The van der Waals surface area contributed by atoms with Crippen LogP contribution in [0, 0.1) is 5.92 Å². The third kappa shape index (κ3) is 2.59. The van der Waals surface area contributed by atoms with Gasteiger partial charge in [-0.15, -0.1) is 0 Å². The summed E-state index contributed by atoms with van der Waals surface area (Å²) in [7, 11) is 0. The van der Waals surface area contributed by atoms with Crippen LogP contribution in [0.3, 0.4) is 0 Å². The lowest BCUT2D eigenvalue weighted by Crippen LogP contribution is -2.08. The molecule has 0 aliphatic carbocycles. The lowest BCUT2D eigenvalue weighted by Gasteiger charge is -2.11. The highest BCUT2D eigenvalue weighted by Crippen LogP contribution is 2.24. The third-order valence-corrected chi connectivity index (χ3v) is 2.48. The van der Waals surface area contributed by atoms with Crippen molar-refractivity contribution in [3.63, 3.8) is 0 Å². The first-order valence-electron chi connectivity index (χ1n) is 5.84. The van der Waals surface area contributed by atoms with Crippen molar-refractivity contribution in [2.75, 3.05) is 6.61 Å². The highest BCUT2D eigenvalue weighted by molar-refractivity contribution is 5.94. The van der Waals surface area contributed by atoms with E-state index < -0.39 is 5.97 Å². The summed E-state index contributed by atoms with van der Waals surface area (Å²) in [5.41, 5.74) is 0.00690. The van der Waals surface area contributed by atoms with Crippen LogP contribution in [0.4, 0.5) is 0 Å². The normalized spacial score (nSPS) is 10.8. The lowest BCUT2D eigenvalue weighted by atomic mass is 10.1. The second kappa shape index (κ2) is 5.04. The van der Waals surface area contributed by atoms with Crippen LogP contribution in [0.25, 0.3) is 10.8 Å². The lowest BCUT2D eigenvalue weighted by molar-refractivity contribution is 0.0689. The molecule has 1 N–H and O–H groups in total. The number of carboxylic acid groups (broad SMARTS) is 1. The molecule has 2 aromatic rings. The van der Waals surface area contributed by atoms with Crippen LogP contribution in [0.15, 0.2) is 30.3 Å². The van der Waals surface area contributed by atoms with Gasteiger partial charge < -0.3 is 9.84 Å². The van der Waals surface area contributed by atoms with Crippen molar-refractivity contribution in [3.05, 3.63) is 36.0 Å². The minimum absolute atomic E-state index is 0.00690. The van der Waals surface area contributed by atoms with Crippen LogP contribution >= 0.6 is 0 Å². The number of carboxylic acids is 1. The minimum Gasteiger partial charge on any atom is -0.477 e. The van der Waals surface area contributed by atoms with Crippen molar-refractivity contribution in [1.82, 2.24) is 4.98 Å². The molecule has 1 aromatic heterocycles. The van der Waals surface area contributed by atoms with E-state index in [0.717, 1.165) is 10.8 Å². The molecule has 1 heterocycles. The van der Waals surface area contributed by atoms with Crippen LogP contribution in [-0.4, -0.2) is 22.7 Å². The number of aromatic carboxylic acids is 1. The average molecular weight is 245 g/mol. The molecule has 18 heavy (non-hydrogen) atoms. The Labute approximate surface area is 105 Å². The molecule has 0 aliphatic heterocycles. The summed E-state index contributed by atoms with van der Waals surface area (Å²) < 4.78 is 5.60. The molecule has 0 aliphatic rings. The SMILES string of the molecule is CC(C)COc1nc(C(=O)O)cc2ccccc12. The summed E-state index contributed by atoms with van der Waals surface area (Å²) >= 11 is 0.